The second-order valence-electron chi connectivity index (χ2n) is 6.35. The topological polar surface area (TPSA) is 91.2 Å². The largest absolute Gasteiger partial charge is 0.477 e. The highest BCUT2D eigenvalue weighted by molar-refractivity contribution is 5.86. The lowest BCUT2D eigenvalue weighted by Gasteiger charge is -2.22. The molecule has 3 aromatic rings. The van der Waals surface area contributed by atoms with Crippen LogP contribution >= 0.6 is 0 Å². The molecule has 4 rings (SSSR count). The molecular weight excluding hydrogens is 320 g/mol. The summed E-state index contributed by atoms with van der Waals surface area (Å²) in [5, 5.41) is 10.3. The van der Waals surface area contributed by atoms with Crippen LogP contribution in [0.1, 0.15) is 29.0 Å². The molecule has 1 amide bonds. The van der Waals surface area contributed by atoms with Gasteiger partial charge >= 0.3 is 5.97 Å². The minimum atomic E-state index is -1.08. The number of aromatic amines is 1. The number of H-pyrrole nitrogens is 1. The van der Waals surface area contributed by atoms with E-state index < -0.39 is 5.97 Å². The first-order valence-corrected chi connectivity index (χ1v) is 8.21. The fraction of sp³-hybridized carbons (Fsp3) is 0.278. The highest BCUT2D eigenvalue weighted by Gasteiger charge is 2.33. The van der Waals surface area contributed by atoms with Crippen molar-refractivity contribution in [1.29, 1.82) is 0 Å². The molecular formula is C18H18N4O3. The van der Waals surface area contributed by atoms with E-state index in [9.17, 15) is 9.59 Å². The van der Waals surface area contributed by atoms with Gasteiger partial charge in [0.1, 0.15) is 12.2 Å². The molecule has 0 radical (unpaired) electrons. The number of nitrogens with one attached hydrogen (secondary N) is 1. The van der Waals surface area contributed by atoms with Crippen molar-refractivity contribution in [2.24, 2.45) is 0 Å². The number of fused-ring (bicyclic) bond motifs is 1. The number of carbonyl (C=O) groups excluding carboxylic acids is 1. The van der Waals surface area contributed by atoms with Crippen LogP contribution in [0.5, 0.6) is 0 Å². The van der Waals surface area contributed by atoms with Crippen LogP contribution < -0.4 is 0 Å². The molecule has 1 fully saturated rings. The second-order valence-corrected chi connectivity index (χ2v) is 6.35. The number of carboxylic acid groups (broad SMARTS) is 1. The minimum Gasteiger partial charge on any atom is -0.477 e. The van der Waals surface area contributed by atoms with Crippen LogP contribution in [0, 0.1) is 0 Å². The number of carboxylic acids is 1. The lowest BCUT2D eigenvalue weighted by Crippen LogP contribution is -2.35. The monoisotopic (exact) mass is 338 g/mol. The van der Waals surface area contributed by atoms with Gasteiger partial charge in [-0.25, -0.2) is 9.78 Å². The smallest absolute Gasteiger partial charge is 0.354 e. The van der Waals surface area contributed by atoms with Crippen LogP contribution in [0.25, 0.3) is 10.9 Å². The number of carbonyl (C=O) groups is 2. The predicted octanol–water partition coefficient (Wildman–Crippen LogP) is 2.25. The van der Waals surface area contributed by atoms with E-state index >= 15 is 0 Å². The van der Waals surface area contributed by atoms with Gasteiger partial charge in [0.05, 0.1) is 19.1 Å². The Bertz CT molecular complexity index is 906. The Morgan fingerprint density at radius 3 is 2.84 bits per heavy atom. The van der Waals surface area contributed by atoms with Crippen molar-refractivity contribution in [2.45, 2.75) is 32.0 Å². The first-order valence-electron chi connectivity index (χ1n) is 8.21. The highest BCUT2D eigenvalue weighted by Crippen LogP contribution is 2.29. The second kappa shape index (κ2) is 6.08. The summed E-state index contributed by atoms with van der Waals surface area (Å²) in [6.45, 7) is 0.480. The molecule has 1 aliphatic carbocycles. The van der Waals surface area contributed by atoms with Crippen LogP contribution in [0.4, 0.5) is 0 Å². The van der Waals surface area contributed by atoms with E-state index in [2.05, 4.69) is 16.0 Å². The van der Waals surface area contributed by atoms with Crippen molar-refractivity contribution in [3.63, 3.8) is 0 Å². The van der Waals surface area contributed by atoms with Gasteiger partial charge < -0.3 is 19.6 Å². The number of nitrogens with zero attached hydrogens (tertiary/aromatic N) is 3. The van der Waals surface area contributed by atoms with E-state index in [0.29, 0.717) is 6.54 Å². The third-order valence-corrected chi connectivity index (χ3v) is 4.47. The number of hydrogen-bond acceptors (Lipinski definition) is 3. The molecule has 0 atom stereocenters. The van der Waals surface area contributed by atoms with Gasteiger partial charge in [0.25, 0.3) is 0 Å². The number of aromatic carboxylic acids is 1. The fourth-order valence-electron chi connectivity index (χ4n) is 3.07. The Kier molecular flexibility index (Phi) is 3.76. The maximum absolute atomic E-state index is 12.8. The van der Waals surface area contributed by atoms with Crippen molar-refractivity contribution >= 4 is 22.8 Å². The first kappa shape index (κ1) is 15.4. The number of imidazole rings is 1. The Morgan fingerprint density at radius 2 is 2.12 bits per heavy atom. The quantitative estimate of drug-likeness (QED) is 0.721. The molecule has 0 spiro atoms. The van der Waals surface area contributed by atoms with Crippen molar-refractivity contribution < 1.29 is 14.7 Å². The van der Waals surface area contributed by atoms with Gasteiger partial charge in [-0.3, -0.25) is 4.79 Å². The summed E-state index contributed by atoms with van der Waals surface area (Å²) in [5.41, 5.74) is 2.05. The van der Waals surface area contributed by atoms with Crippen molar-refractivity contribution in [1.82, 2.24) is 19.4 Å². The van der Waals surface area contributed by atoms with E-state index in [1.807, 2.05) is 29.2 Å². The molecule has 0 aliphatic heterocycles. The Balaban J connectivity index is 1.53. The summed E-state index contributed by atoms with van der Waals surface area (Å²) in [5.74, 6) is -1.18. The van der Waals surface area contributed by atoms with Crippen molar-refractivity contribution in [3.05, 3.63) is 54.2 Å². The average Bonchev–Trinajstić information content (AvgIpc) is 3.17. The maximum atomic E-state index is 12.8. The molecule has 1 aliphatic rings. The molecule has 1 aromatic carbocycles. The SMILES string of the molecule is O=C(O)c1cncn1CC(=O)N(Cc1cc2ccccc2[nH]1)C1CC1. The summed E-state index contributed by atoms with van der Waals surface area (Å²) in [4.78, 5) is 32.9. The number of rotatable bonds is 6. The van der Waals surface area contributed by atoms with Crippen LogP contribution in [0.3, 0.4) is 0 Å². The molecule has 7 heteroatoms. The summed E-state index contributed by atoms with van der Waals surface area (Å²) in [6.07, 6.45) is 4.62. The Morgan fingerprint density at radius 1 is 1.32 bits per heavy atom. The van der Waals surface area contributed by atoms with Gasteiger partial charge in [0, 0.05) is 17.3 Å². The Hall–Kier alpha value is -3.09. The molecule has 2 N–H and O–H groups in total. The third kappa shape index (κ3) is 3.13. The van der Waals surface area contributed by atoms with Crippen LogP contribution in [-0.2, 0) is 17.9 Å². The van der Waals surface area contributed by atoms with Crippen molar-refractivity contribution in [3.8, 4) is 0 Å². The van der Waals surface area contributed by atoms with Gasteiger partial charge in [0.2, 0.25) is 5.91 Å². The normalized spacial score (nSPS) is 13.9. The fourth-order valence-corrected chi connectivity index (χ4v) is 3.07. The predicted molar refractivity (Wildman–Crippen MR) is 91.1 cm³/mol. The summed E-state index contributed by atoms with van der Waals surface area (Å²) < 4.78 is 1.38. The van der Waals surface area contributed by atoms with Gasteiger partial charge in [0.15, 0.2) is 0 Å². The highest BCUT2D eigenvalue weighted by atomic mass is 16.4. The van der Waals surface area contributed by atoms with Gasteiger partial charge in [-0.1, -0.05) is 18.2 Å². The van der Waals surface area contributed by atoms with Crippen molar-refractivity contribution in [2.75, 3.05) is 0 Å². The van der Waals surface area contributed by atoms with E-state index in [-0.39, 0.29) is 24.2 Å². The van der Waals surface area contributed by atoms with Crippen LogP contribution in [0.2, 0.25) is 0 Å². The van der Waals surface area contributed by atoms with Gasteiger partial charge in [-0.15, -0.1) is 0 Å². The van der Waals surface area contributed by atoms with E-state index in [4.69, 9.17) is 5.11 Å². The lowest BCUT2D eigenvalue weighted by molar-refractivity contribution is -0.133. The number of amides is 1. The average molecular weight is 338 g/mol. The van der Waals surface area contributed by atoms with Crippen LogP contribution in [-0.4, -0.2) is 42.5 Å². The minimum absolute atomic E-state index is 0.0155. The molecule has 7 nitrogen and oxygen atoms in total. The third-order valence-electron chi connectivity index (χ3n) is 4.47. The summed E-state index contributed by atoms with van der Waals surface area (Å²) in [7, 11) is 0. The zero-order chi connectivity index (χ0) is 17.4. The molecule has 0 unspecified atom stereocenters. The van der Waals surface area contributed by atoms with Gasteiger partial charge in [-0.2, -0.15) is 0 Å². The molecule has 2 heterocycles. The molecule has 25 heavy (non-hydrogen) atoms. The molecule has 0 bridgehead atoms. The van der Waals surface area contributed by atoms with E-state index in [1.165, 1.54) is 17.1 Å². The number of aromatic nitrogens is 3. The molecule has 0 saturated heterocycles. The summed E-state index contributed by atoms with van der Waals surface area (Å²) >= 11 is 0. The first-order chi connectivity index (χ1) is 12.1. The maximum Gasteiger partial charge on any atom is 0.354 e. The molecule has 128 valence electrons. The zero-order valence-corrected chi connectivity index (χ0v) is 13.6. The number of hydrogen-bond donors (Lipinski definition) is 2. The number of benzene rings is 1. The van der Waals surface area contributed by atoms with E-state index in [0.717, 1.165) is 29.4 Å². The lowest BCUT2D eigenvalue weighted by atomic mass is 10.2. The van der Waals surface area contributed by atoms with Crippen LogP contribution in [0.15, 0.2) is 42.9 Å². The Labute approximate surface area is 143 Å². The number of para-hydroxylation sites is 1. The summed E-state index contributed by atoms with van der Waals surface area (Å²) in [6, 6.07) is 10.3. The molecule has 2 aromatic heterocycles. The standard InChI is InChI=1S/C18H18N4O3/c23-17(10-21-11-19-8-16(21)18(24)25)22(14-5-6-14)9-13-7-12-3-1-2-4-15(12)20-13/h1-4,7-8,11,14,20H,5-6,9-10H2,(H,24,25). The van der Waals surface area contributed by atoms with Gasteiger partial charge in [-0.05, 0) is 30.4 Å². The van der Waals surface area contributed by atoms with E-state index in [1.54, 1.807) is 0 Å². The zero-order valence-electron chi connectivity index (χ0n) is 13.6. The molecule has 1 saturated carbocycles.